The van der Waals surface area contributed by atoms with E-state index >= 15 is 0 Å². The Morgan fingerprint density at radius 2 is 2.06 bits per heavy atom. The van der Waals surface area contributed by atoms with Crippen molar-refractivity contribution in [3.8, 4) is 0 Å². The Bertz CT molecular complexity index is 442. The van der Waals surface area contributed by atoms with E-state index in [1.807, 2.05) is 6.92 Å². The largest absolute Gasteiger partial charge is 0.370 e. The van der Waals surface area contributed by atoms with Crippen molar-refractivity contribution in [2.45, 2.75) is 45.1 Å². The molecule has 0 saturated carbocycles. The molecular formula is C15H22N2O. The first-order chi connectivity index (χ1) is 8.56. The van der Waals surface area contributed by atoms with Crippen LogP contribution in [0, 0.1) is 5.92 Å². The summed E-state index contributed by atoms with van der Waals surface area (Å²) in [7, 11) is 0. The fourth-order valence-electron chi connectivity index (χ4n) is 2.82. The molecule has 2 rings (SSSR count). The normalized spacial score (nSPS) is 17.2. The van der Waals surface area contributed by atoms with Crippen LogP contribution in [0.25, 0.3) is 0 Å². The standard InChI is InChI=1S/C15H22N2O/c1-10(8-15(17)18)7-14(16)13-6-5-11-3-2-4-12(11)9-13/h5-6,9-10,14H,2-4,7-8,16H2,1H3,(H2,17,18). The Labute approximate surface area is 109 Å². The number of nitrogens with two attached hydrogens (primary N) is 2. The number of primary amides is 1. The van der Waals surface area contributed by atoms with Crippen molar-refractivity contribution in [1.82, 2.24) is 0 Å². The molecule has 1 aromatic carbocycles. The number of rotatable bonds is 5. The third-order valence-corrected chi connectivity index (χ3v) is 3.76. The molecule has 0 aliphatic heterocycles. The zero-order valence-electron chi connectivity index (χ0n) is 11.0. The van der Waals surface area contributed by atoms with Gasteiger partial charge in [0.2, 0.25) is 5.91 Å². The maximum atomic E-state index is 10.9. The van der Waals surface area contributed by atoms with Gasteiger partial charge in [-0.2, -0.15) is 0 Å². The molecule has 0 bridgehead atoms. The Morgan fingerprint density at radius 3 is 2.78 bits per heavy atom. The topological polar surface area (TPSA) is 69.1 Å². The fourth-order valence-corrected chi connectivity index (χ4v) is 2.82. The number of hydrogen-bond acceptors (Lipinski definition) is 2. The molecule has 1 aliphatic rings. The summed E-state index contributed by atoms with van der Waals surface area (Å²) in [6.45, 7) is 2.03. The van der Waals surface area contributed by atoms with Crippen LogP contribution in [-0.2, 0) is 17.6 Å². The molecule has 0 aromatic heterocycles. The van der Waals surface area contributed by atoms with Crippen molar-refractivity contribution in [3.63, 3.8) is 0 Å². The molecule has 1 amide bonds. The lowest BCUT2D eigenvalue weighted by molar-refractivity contribution is -0.118. The minimum atomic E-state index is -0.247. The molecule has 0 fully saturated rings. The van der Waals surface area contributed by atoms with Gasteiger partial charge in [0, 0.05) is 12.5 Å². The quantitative estimate of drug-likeness (QED) is 0.835. The summed E-state index contributed by atoms with van der Waals surface area (Å²) in [6, 6.07) is 6.58. The van der Waals surface area contributed by atoms with Crippen molar-refractivity contribution in [3.05, 3.63) is 34.9 Å². The third-order valence-electron chi connectivity index (χ3n) is 3.76. The number of benzene rings is 1. The van der Waals surface area contributed by atoms with E-state index in [2.05, 4.69) is 18.2 Å². The Morgan fingerprint density at radius 1 is 1.33 bits per heavy atom. The molecule has 0 heterocycles. The van der Waals surface area contributed by atoms with Gasteiger partial charge in [-0.3, -0.25) is 4.79 Å². The van der Waals surface area contributed by atoms with Crippen LogP contribution in [0.1, 0.15) is 48.9 Å². The van der Waals surface area contributed by atoms with E-state index < -0.39 is 0 Å². The lowest BCUT2D eigenvalue weighted by Crippen LogP contribution is -2.19. The van der Waals surface area contributed by atoms with Crippen LogP contribution < -0.4 is 11.5 Å². The summed E-state index contributed by atoms with van der Waals surface area (Å²) >= 11 is 0. The lowest BCUT2D eigenvalue weighted by atomic mass is 9.92. The summed E-state index contributed by atoms with van der Waals surface area (Å²) in [6.07, 6.45) is 4.85. The molecule has 4 N–H and O–H groups in total. The van der Waals surface area contributed by atoms with Crippen LogP contribution in [0.15, 0.2) is 18.2 Å². The Kier molecular flexibility index (Phi) is 4.02. The molecule has 2 atom stereocenters. The number of aryl methyl sites for hydroxylation is 2. The zero-order valence-corrected chi connectivity index (χ0v) is 11.0. The van der Waals surface area contributed by atoms with Gasteiger partial charge in [-0.05, 0) is 48.3 Å². The molecule has 98 valence electrons. The number of carbonyl (C=O) groups is 1. The van der Waals surface area contributed by atoms with Gasteiger partial charge in [-0.25, -0.2) is 0 Å². The summed E-state index contributed by atoms with van der Waals surface area (Å²) < 4.78 is 0. The van der Waals surface area contributed by atoms with E-state index in [-0.39, 0.29) is 17.9 Å². The monoisotopic (exact) mass is 246 g/mol. The second-order valence-electron chi connectivity index (χ2n) is 5.50. The van der Waals surface area contributed by atoms with Gasteiger partial charge in [0.1, 0.15) is 0 Å². The molecule has 0 radical (unpaired) electrons. The van der Waals surface area contributed by atoms with Gasteiger partial charge in [0.15, 0.2) is 0 Å². The van der Waals surface area contributed by atoms with E-state index in [0.29, 0.717) is 6.42 Å². The molecule has 0 saturated heterocycles. The number of hydrogen-bond donors (Lipinski definition) is 2. The van der Waals surface area contributed by atoms with Crippen LogP contribution in [-0.4, -0.2) is 5.91 Å². The van der Waals surface area contributed by atoms with Crippen LogP contribution in [0.2, 0.25) is 0 Å². The van der Waals surface area contributed by atoms with Crippen molar-refractivity contribution < 1.29 is 4.79 Å². The third kappa shape index (κ3) is 3.10. The molecule has 18 heavy (non-hydrogen) atoms. The maximum absolute atomic E-state index is 10.9. The molecule has 3 nitrogen and oxygen atoms in total. The van der Waals surface area contributed by atoms with Gasteiger partial charge in [0.25, 0.3) is 0 Å². The van der Waals surface area contributed by atoms with Crippen molar-refractivity contribution in [2.24, 2.45) is 17.4 Å². The summed E-state index contributed by atoms with van der Waals surface area (Å²) in [5.41, 5.74) is 15.5. The first-order valence-electron chi connectivity index (χ1n) is 6.72. The Hall–Kier alpha value is -1.35. The molecule has 1 aromatic rings. The van der Waals surface area contributed by atoms with Gasteiger partial charge in [0.05, 0.1) is 0 Å². The van der Waals surface area contributed by atoms with Crippen LogP contribution in [0.3, 0.4) is 0 Å². The van der Waals surface area contributed by atoms with Crippen LogP contribution in [0.5, 0.6) is 0 Å². The summed E-state index contributed by atoms with van der Waals surface area (Å²) in [5.74, 6) is -0.00518. The van der Waals surface area contributed by atoms with E-state index in [1.54, 1.807) is 0 Å². The smallest absolute Gasteiger partial charge is 0.217 e. The zero-order chi connectivity index (χ0) is 13.1. The van der Waals surface area contributed by atoms with Gasteiger partial charge >= 0.3 is 0 Å². The predicted octanol–water partition coefficient (Wildman–Crippen LogP) is 2.08. The highest BCUT2D eigenvalue weighted by Crippen LogP contribution is 2.27. The predicted molar refractivity (Wildman–Crippen MR) is 73.0 cm³/mol. The molecular weight excluding hydrogens is 224 g/mol. The average molecular weight is 246 g/mol. The fraction of sp³-hybridized carbons (Fsp3) is 0.533. The minimum absolute atomic E-state index is 0.00486. The second-order valence-corrected chi connectivity index (χ2v) is 5.50. The van der Waals surface area contributed by atoms with Crippen molar-refractivity contribution in [1.29, 1.82) is 0 Å². The van der Waals surface area contributed by atoms with E-state index in [4.69, 9.17) is 11.5 Å². The highest BCUT2D eigenvalue weighted by molar-refractivity contribution is 5.73. The SMILES string of the molecule is CC(CC(N)=O)CC(N)c1ccc2c(c1)CCC2. The highest BCUT2D eigenvalue weighted by atomic mass is 16.1. The van der Waals surface area contributed by atoms with Crippen molar-refractivity contribution in [2.75, 3.05) is 0 Å². The Balaban J connectivity index is 2.00. The van der Waals surface area contributed by atoms with E-state index in [0.717, 1.165) is 6.42 Å². The van der Waals surface area contributed by atoms with Gasteiger partial charge < -0.3 is 11.5 Å². The number of amides is 1. The average Bonchev–Trinajstić information content (AvgIpc) is 2.74. The first kappa shape index (κ1) is 13.1. The lowest BCUT2D eigenvalue weighted by Gasteiger charge is -2.17. The second kappa shape index (κ2) is 5.53. The van der Waals surface area contributed by atoms with E-state index in [9.17, 15) is 4.79 Å². The summed E-state index contributed by atoms with van der Waals surface area (Å²) in [4.78, 5) is 10.9. The molecule has 1 aliphatic carbocycles. The minimum Gasteiger partial charge on any atom is -0.370 e. The maximum Gasteiger partial charge on any atom is 0.217 e. The summed E-state index contributed by atoms with van der Waals surface area (Å²) in [5, 5.41) is 0. The number of fused-ring (bicyclic) bond motifs is 1. The van der Waals surface area contributed by atoms with Crippen molar-refractivity contribution >= 4 is 5.91 Å². The van der Waals surface area contributed by atoms with E-state index in [1.165, 1.54) is 36.0 Å². The highest BCUT2D eigenvalue weighted by Gasteiger charge is 2.16. The van der Waals surface area contributed by atoms with Crippen LogP contribution >= 0.6 is 0 Å². The van der Waals surface area contributed by atoms with Gasteiger partial charge in [-0.15, -0.1) is 0 Å². The number of carbonyl (C=O) groups excluding carboxylic acids is 1. The molecule has 3 heteroatoms. The first-order valence-corrected chi connectivity index (χ1v) is 6.72. The van der Waals surface area contributed by atoms with Crippen LogP contribution in [0.4, 0.5) is 0 Å². The van der Waals surface area contributed by atoms with Gasteiger partial charge in [-0.1, -0.05) is 25.1 Å². The molecule has 0 spiro atoms. The molecule has 2 unspecified atom stereocenters.